The standard InChI is InChI=1S/C23H24N2O5S/c1-29-21-12-11-17(15-22(21)30-2)13-14-24-23(26)18-7-6-8-19(16-18)25-31(27,28)20-9-4-3-5-10-20/h3-12,15-16,25H,13-14H2,1-2H3,(H,24,26). The molecule has 162 valence electrons. The van der Waals surface area contributed by atoms with Crippen LogP contribution in [0.15, 0.2) is 77.7 Å². The first-order valence-electron chi connectivity index (χ1n) is 9.60. The largest absolute Gasteiger partial charge is 0.493 e. The van der Waals surface area contributed by atoms with Crippen molar-refractivity contribution in [1.29, 1.82) is 0 Å². The Kier molecular flexibility index (Phi) is 7.15. The van der Waals surface area contributed by atoms with Crippen LogP contribution in [0.3, 0.4) is 0 Å². The van der Waals surface area contributed by atoms with E-state index in [1.54, 1.807) is 50.6 Å². The molecule has 0 bridgehead atoms. The van der Waals surface area contributed by atoms with Gasteiger partial charge < -0.3 is 14.8 Å². The van der Waals surface area contributed by atoms with Crippen molar-refractivity contribution in [3.8, 4) is 11.5 Å². The molecule has 8 heteroatoms. The quantitative estimate of drug-likeness (QED) is 0.531. The topological polar surface area (TPSA) is 93.7 Å². The third-order valence-electron chi connectivity index (χ3n) is 4.58. The van der Waals surface area contributed by atoms with E-state index in [1.807, 2.05) is 18.2 Å². The van der Waals surface area contributed by atoms with E-state index in [2.05, 4.69) is 10.0 Å². The summed E-state index contributed by atoms with van der Waals surface area (Å²) < 4.78 is 38.0. The van der Waals surface area contributed by atoms with Crippen molar-refractivity contribution < 1.29 is 22.7 Å². The molecule has 0 fully saturated rings. The fourth-order valence-corrected chi connectivity index (χ4v) is 4.07. The number of sulfonamides is 1. The number of ether oxygens (including phenoxy) is 2. The summed E-state index contributed by atoms with van der Waals surface area (Å²) >= 11 is 0. The minimum Gasteiger partial charge on any atom is -0.493 e. The third-order valence-corrected chi connectivity index (χ3v) is 5.97. The second-order valence-corrected chi connectivity index (χ2v) is 8.38. The predicted molar refractivity (Wildman–Crippen MR) is 119 cm³/mol. The molecular weight excluding hydrogens is 416 g/mol. The fourth-order valence-electron chi connectivity index (χ4n) is 3.00. The molecule has 31 heavy (non-hydrogen) atoms. The summed E-state index contributed by atoms with van der Waals surface area (Å²) in [6, 6.07) is 20.0. The average Bonchev–Trinajstić information content (AvgIpc) is 2.79. The Morgan fingerprint density at radius 1 is 0.871 bits per heavy atom. The molecule has 1 amide bonds. The summed E-state index contributed by atoms with van der Waals surface area (Å²) in [6.07, 6.45) is 0.604. The Bertz CT molecular complexity index is 1150. The zero-order valence-electron chi connectivity index (χ0n) is 17.3. The lowest BCUT2D eigenvalue weighted by Crippen LogP contribution is -2.25. The van der Waals surface area contributed by atoms with Crippen LogP contribution in [0.25, 0.3) is 0 Å². The van der Waals surface area contributed by atoms with E-state index in [9.17, 15) is 13.2 Å². The smallest absolute Gasteiger partial charge is 0.261 e. The number of benzene rings is 3. The van der Waals surface area contributed by atoms with Crippen LogP contribution in [0.4, 0.5) is 5.69 Å². The van der Waals surface area contributed by atoms with E-state index in [1.165, 1.54) is 18.2 Å². The van der Waals surface area contributed by atoms with Gasteiger partial charge >= 0.3 is 0 Å². The lowest BCUT2D eigenvalue weighted by Gasteiger charge is -2.11. The molecule has 0 spiro atoms. The van der Waals surface area contributed by atoms with Gasteiger partial charge in [-0.25, -0.2) is 8.42 Å². The van der Waals surface area contributed by atoms with Crippen molar-refractivity contribution in [1.82, 2.24) is 5.32 Å². The first kappa shape index (κ1) is 22.2. The maximum absolute atomic E-state index is 12.5. The number of amides is 1. The molecule has 0 unspecified atom stereocenters. The van der Waals surface area contributed by atoms with Gasteiger partial charge in [0.25, 0.3) is 15.9 Å². The van der Waals surface area contributed by atoms with Gasteiger partial charge in [-0.05, 0) is 54.4 Å². The third kappa shape index (κ3) is 5.76. The summed E-state index contributed by atoms with van der Waals surface area (Å²) in [6.45, 7) is 0.411. The van der Waals surface area contributed by atoms with E-state index in [-0.39, 0.29) is 10.8 Å². The monoisotopic (exact) mass is 440 g/mol. The minimum atomic E-state index is -3.72. The van der Waals surface area contributed by atoms with Gasteiger partial charge in [0, 0.05) is 17.8 Å². The number of rotatable bonds is 9. The Hall–Kier alpha value is -3.52. The van der Waals surface area contributed by atoms with Crippen molar-refractivity contribution >= 4 is 21.6 Å². The number of carbonyl (C=O) groups excluding carboxylic acids is 1. The predicted octanol–water partition coefficient (Wildman–Crippen LogP) is 3.48. The second-order valence-electron chi connectivity index (χ2n) is 6.69. The molecular formula is C23H24N2O5S. The highest BCUT2D eigenvalue weighted by molar-refractivity contribution is 7.92. The maximum atomic E-state index is 12.5. The van der Waals surface area contributed by atoms with Crippen molar-refractivity contribution in [2.45, 2.75) is 11.3 Å². The fraction of sp³-hybridized carbons (Fsp3) is 0.174. The van der Waals surface area contributed by atoms with Crippen molar-refractivity contribution in [3.63, 3.8) is 0 Å². The van der Waals surface area contributed by atoms with Crippen molar-refractivity contribution in [3.05, 3.63) is 83.9 Å². The van der Waals surface area contributed by atoms with Crippen LogP contribution < -0.4 is 19.5 Å². The summed E-state index contributed by atoms with van der Waals surface area (Å²) in [4.78, 5) is 12.7. The molecule has 3 aromatic carbocycles. The zero-order valence-corrected chi connectivity index (χ0v) is 18.1. The van der Waals surface area contributed by atoms with Gasteiger partial charge in [0.15, 0.2) is 11.5 Å². The van der Waals surface area contributed by atoms with Crippen LogP contribution in [0.1, 0.15) is 15.9 Å². The van der Waals surface area contributed by atoms with Crippen LogP contribution in [0.5, 0.6) is 11.5 Å². The molecule has 0 aliphatic carbocycles. The first-order chi connectivity index (χ1) is 14.9. The molecule has 3 aromatic rings. The lowest BCUT2D eigenvalue weighted by molar-refractivity contribution is 0.0954. The Balaban J connectivity index is 1.61. The highest BCUT2D eigenvalue weighted by atomic mass is 32.2. The summed E-state index contributed by atoms with van der Waals surface area (Å²) in [5, 5.41) is 2.85. The molecule has 0 saturated heterocycles. The molecule has 0 radical (unpaired) electrons. The molecule has 3 rings (SSSR count). The van der Waals surface area contributed by atoms with Crippen LogP contribution in [0, 0.1) is 0 Å². The van der Waals surface area contributed by atoms with Gasteiger partial charge in [0.1, 0.15) is 0 Å². The molecule has 0 aliphatic rings. The Morgan fingerprint density at radius 3 is 2.32 bits per heavy atom. The van der Waals surface area contributed by atoms with Gasteiger partial charge in [-0.15, -0.1) is 0 Å². The minimum absolute atomic E-state index is 0.153. The number of methoxy groups -OCH3 is 2. The lowest BCUT2D eigenvalue weighted by atomic mass is 10.1. The van der Waals surface area contributed by atoms with E-state index >= 15 is 0 Å². The van der Waals surface area contributed by atoms with Crippen molar-refractivity contribution in [2.75, 3.05) is 25.5 Å². The Labute approximate surface area is 182 Å². The number of carbonyl (C=O) groups is 1. The molecule has 0 atom stereocenters. The van der Waals surface area contributed by atoms with E-state index in [0.717, 1.165) is 5.56 Å². The maximum Gasteiger partial charge on any atom is 0.261 e. The number of hydrogen-bond acceptors (Lipinski definition) is 5. The summed E-state index contributed by atoms with van der Waals surface area (Å²) in [5.41, 5.74) is 1.67. The number of hydrogen-bond donors (Lipinski definition) is 2. The molecule has 0 heterocycles. The second kappa shape index (κ2) is 9.99. The van der Waals surface area contributed by atoms with Crippen molar-refractivity contribution in [2.24, 2.45) is 0 Å². The summed E-state index contributed by atoms with van der Waals surface area (Å²) in [5.74, 6) is 0.982. The molecule has 0 aromatic heterocycles. The van der Waals surface area contributed by atoms with Crippen LogP contribution in [-0.2, 0) is 16.4 Å². The molecule has 7 nitrogen and oxygen atoms in total. The zero-order chi connectivity index (χ0) is 22.3. The van der Waals surface area contributed by atoms with Crippen LogP contribution in [-0.4, -0.2) is 35.1 Å². The van der Waals surface area contributed by atoms with Gasteiger partial charge in [-0.1, -0.05) is 30.3 Å². The van der Waals surface area contributed by atoms with Crippen LogP contribution in [0.2, 0.25) is 0 Å². The van der Waals surface area contributed by atoms with Gasteiger partial charge in [0.05, 0.1) is 19.1 Å². The van der Waals surface area contributed by atoms with E-state index < -0.39 is 10.0 Å². The average molecular weight is 441 g/mol. The summed E-state index contributed by atoms with van der Waals surface area (Å²) in [7, 11) is -0.578. The first-order valence-corrected chi connectivity index (χ1v) is 11.1. The highest BCUT2D eigenvalue weighted by Crippen LogP contribution is 2.27. The molecule has 0 saturated carbocycles. The number of anilines is 1. The van der Waals surface area contributed by atoms with Crippen LogP contribution >= 0.6 is 0 Å². The van der Waals surface area contributed by atoms with E-state index in [4.69, 9.17) is 9.47 Å². The highest BCUT2D eigenvalue weighted by Gasteiger charge is 2.14. The van der Waals surface area contributed by atoms with Gasteiger partial charge in [-0.2, -0.15) is 0 Å². The van der Waals surface area contributed by atoms with Gasteiger partial charge in [-0.3, -0.25) is 9.52 Å². The number of nitrogens with one attached hydrogen (secondary N) is 2. The van der Waals surface area contributed by atoms with Gasteiger partial charge in [0.2, 0.25) is 0 Å². The molecule has 0 aliphatic heterocycles. The molecule has 2 N–H and O–H groups in total. The normalized spacial score (nSPS) is 10.9. The Morgan fingerprint density at radius 2 is 1.61 bits per heavy atom. The SMILES string of the molecule is COc1ccc(CCNC(=O)c2cccc(NS(=O)(=O)c3ccccc3)c2)cc1OC. The van der Waals surface area contributed by atoms with E-state index in [0.29, 0.717) is 35.7 Å².